The van der Waals surface area contributed by atoms with E-state index in [1.165, 1.54) is 4.57 Å². The Hall–Kier alpha value is -1.62. The number of ether oxygens (including phenoxy) is 2. The summed E-state index contributed by atoms with van der Waals surface area (Å²) in [5.74, 6) is 0.0981. The Kier molecular flexibility index (Phi) is 7.80. The van der Waals surface area contributed by atoms with Gasteiger partial charge in [0.25, 0.3) is 5.56 Å². The maximum Gasteiger partial charge on any atom is 0.335 e. The van der Waals surface area contributed by atoms with Crippen LogP contribution >= 0.6 is 0 Å². The largest absolute Gasteiger partial charge is 0.414 e. The van der Waals surface area contributed by atoms with Crippen LogP contribution in [0.5, 0.6) is 0 Å². The zero-order chi connectivity index (χ0) is 27.4. The summed E-state index contributed by atoms with van der Waals surface area (Å²) in [4.78, 5) is 21.5. The van der Waals surface area contributed by atoms with Crippen LogP contribution in [0.2, 0.25) is 22.2 Å². The second-order valence-corrected chi connectivity index (χ2v) is 20.3. The summed E-state index contributed by atoms with van der Waals surface area (Å²) in [6.45, 7) is 17.8. The molecule has 0 bridgehead atoms. The van der Waals surface area contributed by atoms with Gasteiger partial charge in [0, 0.05) is 14.2 Å². The third-order valence-electron chi connectivity index (χ3n) is 8.00. The topological polar surface area (TPSA) is 125 Å². The van der Waals surface area contributed by atoms with E-state index in [1.54, 1.807) is 25.1 Å². The molecule has 0 unspecified atom stereocenters. The number of hydrogen-bond donors (Lipinski definition) is 1. The van der Waals surface area contributed by atoms with Crippen molar-refractivity contribution in [1.82, 2.24) is 19.1 Å². The Morgan fingerprint density at radius 3 is 2.19 bits per heavy atom. The first-order valence-electron chi connectivity index (χ1n) is 13.2. The lowest BCUT2D eigenvalue weighted by molar-refractivity contribution is -0.0602. The van der Waals surface area contributed by atoms with Gasteiger partial charge < -0.3 is 28.2 Å². The first kappa shape index (κ1) is 28.4. The van der Waals surface area contributed by atoms with Crippen LogP contribution in [0.1, 0.15) is 61.6 Å². The molecule has 13 heteroatoms. The van der Waals surface area contributed by atoms with Crippen molar-refractivity contribution in [2.45, 2.75) is 102 Å². The minimum Gasteiger partial charge on any atom is -0.414 e. The van der Waals surface area contributed by atoms with Gasteiger partial charge in [-0.3, -0.25) is 13.9 Å². The second kappa shape index (κ2) is 10.2. The summed E-state index contributed by atoms with van der Waals surface area (Å²) in [5.41, 5.74) is 7.08. The van der Waals surface area contributed by atoms with Crippen LogP contribution in [0.25, 0.3) is 11.2 Å². The van der Waals surface area contributed by atoms with Crippen LogP contribution in [0.4, 0.5) is 5.95 Å². The highest BCUT2D eigenvalue weighted by Crippen LogP contribution is 2.48. The molecule has 0 amide bonds. The van der Waals surface area contributed by atoms with E-state index in [0.29, 0.717) is 12.3 Å². The first-order valence-corrected chi connectivity index (χ1v) is 17.1. The zero-order valence-electron chi connectivity index (χ0n) is 23.7. The molecule has 2 fully saturated rings. The van der Waals surface area contributed by atoms with Crippen LogP contribution in [0.3, 0.4) is 0 Å². The fraction of sp³-hybridized carbons (Fsp3) is 0.792. The number of methoxy groups -OCH3 is 1. The van der Waals surface area contributed by atoms with Crippen molar-refractivity contribution >= 4 is 34.2 Å². The fourth-order valence-electron chi connectivity index (χ4n) is 5.85. The van der Waals surface area contributed by atoms with Crippen LogP contribution in [0, 0.1) is 0 Å². The monoisotopic (exact) mass is 553 g/mol. The number of nitrogens with zero attached hydrogens (tertiary/aromatic N) is 4. The Morgan fingerprint density at radius 2 is 1.65 bits per heavy atom. The molecule has 2 aromatic rings. The number of nitrogens with two attached hydrogens (primary N) is 1. The Bertz CT molecular complexity index is 1170. The number of fused-ring (bicyclic) bond motifs is 2. The van der Waals surface area contributed by atoms with E-state index in [9.17, 15) is 4.79 Å². The number of nitrogen functional groups attached to an aromatic ring is 1. The molecule has 2 aliphatic rings. The first-order chi connectivity index (χ1) is 17.3. The molecular formula is C24H43N5O6Si2. The standard InChI is InChI=1S/C24H43N5O6Si2/c1-13(2)36(14(3)4)32-11-17-19(34-37(35-36,15(5)6)16(7)8)20(31-10)23(33-17)29-12-26-18-21(29)27-24(25)28(9)22(18)30/h12-17,19-20,23H,11H2,1-10H3,(H2,25,27)/t17-,19-,20-,23-/m1/s1. The lowest BCUT2D eigenvalue weighted by atomic mass is 10.1. The van der Waals surface area contributed by atoms with Gasteiger partial charge in [-0.2, -0.15) is 4.98 Å². The molecule has 0 radical (unpaired) electrons. The average Bonchev–Trinajstić information content (AvgIpc) is 3.37. The highest BCUT2D eigenvalue weighted by atomic mass is 28.5. The van der Waals surface area contributed by atoms with Crippen molar-refractivity contribution in [3.05, 3.63) is 16.7 Å². The van der Waals surface area contributed by atoms with Crippen LogP contribution in [0.15, 0.2) is 11.1 Å². The number of rotatable bonds is 6. The normalized spacial score (nSPS) is 27.8. The van der Waals surface area contributed by atoms with Crippen molar-refractivity contribution in [1.29, 1.82) is 0 Å². The van der Waals surface area contributed by atoms with Gasteiger partial charge in [0.1, 0.15) is 18.3 Å². The van der Waals surface area contributed by atoms with Crippen LogP contribution in [-0.2, 0) is 29.5 Å². The molecule has 4 atom stereocenters. The van der Waals surface area contributed by atoms with E-state index in [2.05, 4.69) is 65.4 Å². The molecule has 0 aromatic carbocycles. The maximum atomic E-state index is 12.7. The maximum absolute atomic E-state index is 12.7. The molecule has 2 aromatic heterocycles. The predicted octanol–water partition coefficient (Wildman–Crippen LogP) is 3.58. The lowest BCUT2D eigenvalue weighted by Crippen LogP contribution is -2.65. The van der Waals surface area contributed by atoms with Crippen molar-refractivity contribution < 1.29 is 22.4 Å². The van der Waals surface area contributed by atoms with E-state index in [0.717, 1.165) is 0 Å². The summed E-state index contributed by atoms with van der Waals surface area (Å²) < 4.78 is 36.9. The minimum absolute atomic E-state index is 0.0981. The molecular weight excluding hydrogens is 510 g/mol. The molecule has 4 rings (SSSR count). The lowest BCUT2D eigenvalue weighted by Gasteiger charge is -2.51. The Balaban J connectivity index is 1.83. The van der Waals surface area contributed by atoms with E-state index in [1.807, 2.05) is 0 Å². The molecule has 208 valence electrons. The molecule has 0 saturated carbocycles. The molecule has 2 N–H and O–H groups in total. The van der Waals surface area contributed by atoms with Gasteiger partial charge in [-0.1, -0.05) is 55.4 Å². The molecule has 4 heterocycles. The molecule has 0 spiro atoms. The van der Waals surface area contributed by atoms with Crippen molar-refractivity contribution in [2.75, 3.05) is 19.5 Å². The van der Waals surface area contributed by atoms with Gasteiger partial charge in [-0.05, 0) is 22.2 Å². The highest BCUT2D eigenvalue weighted by Gasteiger charge is 2.62. The van der Waals surface area contributed by atoms with Gasteiger partial charge in [-0.15, -0.1) is 0 Å². The van der Waals surface area contributed by atoms with E-state index < -0.39 is 41.7 Å². The van der Waals surface area contributed by atoms with Crippen LogP contribution < -0.4 is 11.3 Å². The van der Waals surface area contributed by atoms with Gasteiger partial charge in [0.2, 0.25) is 5.95 Å². The molecule has 11 nitrogen and oxygen atoms in total. The summed E-state index contributed by atoms with van der Waals surface area (Å²) >= 11 is 0. The van der Waals surface area contributed by atoms with E-state index in [4.69, 9.17) is 28.2 Å². The molecule has 0 aliphatic carbocycles. The smallest absolute Gasteiger partial charge is 0.335 e. The van der Waals surface area contributed by atoms with E-state index in [-0.39, 0.29) is 39.2 Å². The SMILES string of the molecule is CO[C@@H]1[C@@H]2O[Si](C(C)C)(C(C)C)O[Si](C(C)C)(C(C)C)OC[C@H]2O[C@H]1n1cnc2c(=O)n(C)c(N)nc21. The third-order valence-corrected chi connectivity index (χ3v) is 18.3. The number of anilines is 1. The summed E-state index contributed by atoms with van der Waals surface area (Å²) in [6.07, 6.45) is -0.403. The predicted molar refractivity (Wildman–Crippen MR) is 146 cm³/mol. The Labute approximate surface area is 221 Å². The number of aromatic nitrogens is 4. The average molecular weight is 554 g/mol. The summed E-state index contributed by atoms with van der Waals surface area (Å²) in [7, 11) is -2.35. The Morgan fingerprint density at radius 1 is 1.05 bits per heavy atom. The van der Waals surface area contributed by atoms with Gasteiger partial charge in [0.05, 0.1) is 12.9 Å². The van der Waals surface area contributed by atoms with Gasteiger partial charge in [0.15, 0.2) is 17.4 Å². The number of imidazole rings is 1. The zero-order valence-corrected chi connectivity index (χ0v) is 25.7. The molecule has 2 aliphatic heterocycles. The van der Waals surface area contributed by atoms with Crippen molar-refractivity contribution in [2.24, 2.45) is 7.05 Å². The van der Waals surface area contributed by atoms with Gasteiger partial charge >= 0.3 is 17.1 Å². The van der Waals surface area contributed by atoms with Crippen molar-refractivity contribution in [3.63, 3.8) is 0 Å². The molecule has 2 saturated heterocycles. The second-order valence-electron chi connectivity index (χ2n) is 11.5. The highest BCUT2D eigenvalue weighted by molar-refractivity contribution is 6.84. The quantitative estimate of drug-likeness (QED) is 0.534. The van der Waals surface area contributed by atoms with E-state index >= 15 is 0 Å². The molecule has 37 heavy (non-hydrogen) atoms. The fourth-order valence-corrected chi connectivity index (χ4v) is 17.1. The third kappa shape index (κ3) is 4.41. The minimum atomic E-state index is -2.86. The summed E-state index contributed by atoms with van der Waals surface area (Å²) in [6, 6.07) is 0. The van der Waals surface area contributed by atoms with Crippen LogP contribution in [-0.4, -0.2) is 68.3 Å². The van der Waals surface area contributed by atoms with Gasteiger partial charge in [-0.25, -0.2) is 4.98 Å². The summed E-state index contributed by atoms with van der Waals surface area (Å²) in [5, 5.41) is 0. The van der Waals surface area contributed by atoms with Crippen molar-refractivity contribution in [3.8, 4) is 0 Å². The number of hydrogen-bond acceptors (Lipinski definition) is 9.